The normalized spacial score (nSPS) is 9.47. The Morgan fingerprint density at radius 1 is 1.47 bits per heavy atom. The molecule has 1 amide bonds. The van der Waals surface area contributed by atoms with E-state index in [1.54, 1.807) is 7.05 Å². The van der Waals surface area contributed by atoms with Gasteiger partial charge in [0.1, 0.15) is 5.75 Å². The molecule has 0 bridgehead atoms. The molecule has 4 heteroatoms. The van der Waals surface area contributed by atoms with Gasteiger partial charge in [-0.2, -0.15) is 0 Å². The second-order valence-electron chi connectivity index (χ2n) is 2.99. The van der Waals surface area contributed by atoms with E-state index in [9.17, 15) is 4.79 Å². The van der Waals surface area contributed by atoms with Crippen molar-refractivity contribution < 1.29 is 9.53 Å². The number of carbonyl (C=O) groups excluding carboxylic acids is 1. The Balaban J connectivity index is 2.53. The third kappa shape index (κ3) is 3.89. The summed E-state index contributed by atoms with van der Waals surface area (Å²) in [4.78, 5) is 11.0. The number of hydrogen-bond donors (Lipinski definition) is 2. The minimum atomic E-state index is -0.0446. The molecule has 0 aliphatic rings. The summed E-state index contributed by atoms with van der Waals surface area (Å²) in [6.07, 6.45) is 0. The molecule has 0 saturated heterocycles. The van der Waals surface area contributed by atoms with Gasteiger partial charge in [-0.15, -0.1) is 0 Å². The zero-order chi connectivity index (χ0) is 11.1. The highest BCUT2D eigenvalue weighted by Crippen LogP contribution is 2.16. The van der Waals surface area contributed by atoms with Gasteiger partial charge in [-0.05, 0) is 19.1 Å². The van der Waals surface area contributed by atoms with Crippen LogP contribution in [0.1, 0.15) is 6.92 Å². The Morgan fingerprint density at radius 2 is 2.27 bits per heavy atom. The van der Waals surface area contributed by atoms with Crippen molar-refractivity contribution in [1.82, 2.24) is 5.32 Å². The Hall–Kier alpha value is -1.71. The van der Waals surface area contributed by atoms with Crippen molar-refractivity contribution in [1.29, 1.82) is 0 Å². The van der Waals surface area contributed by atoms with Crippen LogP contribution >= 0.6 is 0 Å². The lowest BCUT2D eigenvalue weighted by atomic mass is 10.3. The zero-order valence-corrected chi connectivity index (χ0v) is 9.04. The number of carbonyl (C=O) groups is 1. The van der Waals surface area contributed by atoms with Crippen molar-refractivity contribution in [2.45, 2.75) is 6.92 Å². The topological polar surface area (TPSA) is 50.4 Å². The molecule has 0 atom stereocenters. The van der Waals surface area contributed by atoms with E-state index in [0.717, 1.165) is 11.4 Å². The van der Waals surface area contributed by atoms with Crippen molar-refractivity contribution in [2.24, 2.45) is 0 Å². The molecule has 1 rings (SSSR count). The number of nitrogens with one attached hydrogen (secondary N) is 2. The number of rotatable bonds is 5. The van der Waals surface area contributed by atoms with E-state index < -0.39 is 0 Å². The summed E-state index contributed by atoms with van der Waals surface area (Å²) in [6.45, 7) is 2.84. The van der Waals surface area contributed by atoms with Crippen molar-refractivity contribution in [3.63, 3.8) is 0 Å². The van der Waals surface area contributed by atoms with Gasteiger partial charge in [0.05, 0.1) is 13.2 Å². The van der Waals surface area contributed by atoms with Crippen molar-refractivity contribution in [3.05, 3.63) is 24.3 Å². The average Bonchev–Trinajstić information content (AvgIpc) is 2.27. The van der Waals surface area contributed by atoms with Crippen molar-refractivity contribution in [3.8, 4) is 5.75 Å². The molecular formula is C11H16N2O2. The van der Waals surface area contributed by atoms with E-state index >= 15 is 0 Å². The van der Waals surface area contributed by atoms with E-state index in [1.807, 2.05) is 31.2 Å². The van der Waals surface area contributed by atoms with Crippen LogP contribution in [0.4, 0.5) is 5.69 Å². The van der Waals surface area contributed by atoms with E-state index in [2.05, 4.69) is 10.6 Å². The molecule has 0 aliphatic carbocycles. The fraction of sp³-hybridized carbons (Fsp3) is 0.364. The maximum atomic E-state index is 11.0. The molecule has 0 saturated carbocycles. The predicted octanol–water partition coefficient (Wildman–Crippen LogP) is 1.24. The van der Waals surface area contributed by atoms with Crippen LogP contribution in [-0.2, 0) is 4.79 Å². The van der Waals surface area contributed by atoms with Gasteiger partial charge in [0, 0.05) is 18.8 Å². The Kier molecular flexibility index (Phi) is 4.47. The first-order chi connectivity index (χ1) is 7.26. The molecule has 1 aromatic rings. The van der Waals surface area contributed by atoms with Crippen LogP contribution in [0.15, 0.2) is 24.3 Å². The third-order valence-electron chi connectivity index (χ3n) is 1.88. The van der Waals surface area contributed by atoms with Crippen LogP contribution in [0.3, 0.4) is 0 Å². The fourth-order valence-electron chi connectivity index (χ4n) is 1.13. The number of hydrogen-bond acceptors (Lipinski definition) is 3. The molecule has 0 fully saturated rings. The third-order valence-corrected chi connectivity index (χ3v) is 1.88. The molecular weight excluding hydrogens is 192 g/mol. The zero-order valence-electron chi connectivity index (χ0n) is 9.04. The summed E-state index contributed by atoms with van der Waals surface area (Å²) in [5.41, 5.74) is 0.879. The molecule has 0 spiro atoms. The maximum absolute atomic E-state index is 11.0. The van der Waals surface area contributed by atoms with Crippen LogP contribution in [0.5, 0.6) is 5.75 Å². The van der Waals surface area contributed by atoms with Gasteiger partial charge in [0.2, 0.25) is 5.91 Å². The summed E-state index contributed by atoms with van der Waals surface area (Å²) >= 11 is 0. The van der Waals surface area contributed by atoms with Crippen LogP contribution in [0.25, 0.3) is 0 Å². The van der Waals surface area contributed by atoms with Gasteiger partial charge in [0.25, 0.3) is 0 Å². The molecule has 0 aromatic heterocycles. The Labute approximate surface area is 89.6 Å². The van der Waals surface area contributed by atoms with Gasteiger partial charge in [0.15, 0.2) is 0 Å². The summed E-state index contributed by atoms with van der Waals surface area (Å²) in [5.74, 6) is 0.760. The standard InChI is InChI=1S/C11H16N2O2/c1-3-15-10-6-4-5-9(7-10)13-8-11(14)12-2/h4-7,13H,3,8H2,1-2H3,(H,12,14). The lowest BCUT2D eigenvalue weighted by Gasteiger charge is -2.07. The number of likely N-dealkylation sites (N-methyl/N-ethyl adjacent to an activating group) is 1. The van der Waals surface area contributed by atoms with Gasteiger partial charge >= 0.3 is 0 Å². The summed E-state index contributed by atoms with van der Waals surface area (Å²) in [5, 5.41) is 5.54. The molecule has 4 nitrogen and oxygen atoms in total. The predicted molar refractivity (Wildman–Crippen MR) is 60.2 cm³/mol. The van der Waals surface area contributed by atoms with Crippen LogP contribution in [0.2, 0.25) is 0 Å². The molecule has 82 valence electrons. The number of amides is 1. The highest BCUT2D eigenvalue weighted by molar-refractivity contribution is 5.80. The molecule has 2 N–H and O–H groups in total. The number of anilines is 1. The van der Waals surface area contributed by atoms with Gasteiger partial charge in [-0.3, -0.25) is 4.79 Å². The van der Waals surface area contributed by atoms with Crippen LogP contribution in [0, 0.1) is 0 Å². The lowest BCUT2D eigenvalue weighted by molar-refractivity contribution is -0.118. The first-order valence-corrected chi connectivity index (χ1v) is 4.93. The molecule has 0 heterocycles. The minimum Gasteiger partial charge on any atom is -0.494 e. The van der Waals surface area contributed by atoms with Gasteiger partial charge in [-0.1, -0.05) is 6.07 Å². The van der Waals surface area contributed by atoms with Crippen molar-refractivity contribution in [2.75, 3.05) is 25.5 Å². The second-order valence-corrected chi connectivity index (χ2v) is 2.99. The van der Waals surface area contributed by atoms with Crippen LogP contribution in [-0.4, -0.2) is 26.1 Å². The number of ether oxygens (including phenoxy) is 1. The van der Waals surface area contributed by atoms with E-state index in [-0.39, 0.29) is 12.5 Å². The Bertz CT molecular complexity index is 326. The quantitative estimate of drug-likeness (QED) is 0.765. The molecule has 1 aromatic carbocycles. The molecule has 0 unspecified atom stereocenters. The first-order valence-electron chi connectivity index (χ1n) is 4.93. The van der Waals surface area contributed by atoms with Crippen LogP contribution < -0.4 is 15.4 Å². The summed E-state index contributed by atoms with van der Waals surface area (Å²) in [7, 11) is 1.61. The first kappa shape index (κ1) is 11.4. The highest BCUT2D eigenvalue weighted by Gasteiger charge is 1.98. The minimum absolute atomic E-state index is 0.0446. The smallest absolute Gasteiger partial charge is 0.239 e. The monoisotopic (exact) mass is 208 g/mol. The maximum Gasteiger partial charge on any atom is 0.239 e. The van der Waals surface area contributed by atoms with E-state index in [0.29, 0.717) is 6.61 Å². The fourth-order valence-corrected chi connectivity index (χ4v) is 1.13. The van der Waals surface area contributed by atoms with E-state index in [1.165, 1.54) is 0 Å². The second kappa shape index (κ2) is 5.90. The summed E-state index contributed by atoms with van der Waals surface area (Å²) < 4.78 is 5.34. The molecule has 0 aliphatic heterocycles. The largest absolute Gasteiger partial charge is 0.494 e. The van der Waals surface area contributed by atoms with Gasteiger partial charge in [-0.25, -0.2) is 0 Å². The average molecular weight is 208 g/mol. The summed E-state index contributed by atoms with van der Waals surface area (Å²) in [6, 6.07) is 7.53. The van der Waals surface area contributed by atoms with Crippen molar-refractivity contribution >= 4 is 11.6 Å². The highest BCUT2D eigenvalue weighted by atomic mass is 16.5. The SMILES string of the molecule is CCOc1cccc(NCC(=O)NC)c1. The van der Waals surface area contributed by atoms with E-state index in [4.69, 9.17) is 4.74 Å². The molecule has 15 heavy (non-hydrogen) atoms. The molecule has 0 radical (unpaired) electrons. The number of benzene rings is 1. The Morgan fingerprint density at radius 3 is 2.93 bits per heavy atom. The van der Waals surface area contributed by atoms with Gasteiger partial charge < -0.3 is 15.4 Å². The lowest BCUT2D eigenvalue weighted by Crippen LogP contribution is -2.26.